The van der Waals surface area contributed by atoms with E-state index >= 15 is 0 Å². The van der Waals surface area contributed by atoms with Crippen molar-refractivity contribution in [2.75, 3.05) is 13.1 Å². The van der Waals surface area contributed by atoms with Crippen LogP contribution in [0.5, 0.6) is 0 Å². The molecule has 2 aliphatic rings. The van der Waals surface area contributed by atoms with E-state index in [9.17, 15) is 0 Å². The van der Waals surface area contributed by atoms with E-state index in [0.29, 0.717) is 6.04 Å². The minimum atomic E-state index is 0.692. The zero-order chi connectivity index (χ0) is 13.2. The number of aromatic nitrogens is 2. The van der Waals surface area contributed by atoms with Gasteiger partial charge in [0, 0.05) is 23.9 Å². The molecule has 3 atom stereocenters. The molecule has 106 valence electrons. The van der Waals surface area contributed by atoms with Crippen LogP contribution in [0.25, 0.3) is 0 Å². The molecule has 3 rings (SSSR count). The molecule has 1 aliphatic heterocycles. The quantitative estimate of drug-likeness (QED) is 0.904. The molecule has 0 radical (unpaired) electrons. The lowest BCUT2D eigenvalue weighted by molar-refractivity contribution is 0.316. The Balaban J connectivity index is 1.80. The molecule has 1 N–H and O–H groups in total. The molecule has 3 unspecified atom stereocenters. The second-order valence-electron chi connectivity index (χ2n) is 6.42. The Labute approximate surface area is 116 Å². The van der Waals surface area contributed by atoms with Crippen molar-refractivity contribution < 1.29 is 0 Å². The number of imidazole rings is 1. The zero-order valence-corrected chi connectivity index (χ0v) is 12.3. The van der Waals surface area contributed by atoms with E-state index in [0.717, 1.165) is 30.8 Å². The molecule has 2 heterocycles. The standard InChI is InChI=1S/C16H27N3/c1-3-13-4-5-15(12(13)2)19-11-18-10-16(19)14-6-8-17-9-7-14/h10-15,17H,3-9H2,1-2H3. The first-order valence-electron chi connectivity index (χ1n) is 8.03. The Morgan fingerprint density at radius 1 is 1.26 bits per heavy atom. The van der Waals surface area contributed by atoms with Crippen molar-refractivity contribution in [3.8, 4) is 0 Å². The molecule has 0 bridgehead atoms. The van der Waals surface area contributed by atoms with E-state index in [4.69, 9.17) is 0 Å². The highest BCUT2D eigenvalue weighted by molar-refractivity contribution is 5.10. The van der Waals surface area contributed by atoms with Crippen molar-refractivity contribution >= 4 is 0 Å². The summed E-state index contributed by atoms with van der Waals surface area (Å²) in [5.41, 5.74) is 1.50. The van der Waals surface area contributed by atoms with Gasteiger partial charge in [0.25, 0.3) is 0 Å². The van der Waals surface area contributed by atoms with Crippen molar-refractivity contribution in [1.82, 2.24) is 14.9 Å². The van der Waals surface area contributed by atoms with Crippen LogP contribution in [-0.2, 0) is 0 Å². The van der Waals surface area contributed by atoms with Crippen LogP contribution in [0.15, 0.2) is 12.5 Å². The van der Waals surface area contributed by atoms with Crippen LogP contribution in [0, 0.1) is 11.8 Å². The fraction of sp³-hybridized carbons (Fsp3) is 0.812. The molecule has 0 aromatic carbocycles. The first kappa shape index (κ1) is 13.2. The molecule has 1 saturated carbocycles. The van der Waals surface area contributed by atoms with E-state index in [1.54, 1.807) is 0 Å². The topological polar surface area (TPSA) is 29.9 Å². The summed E-state index contributed by atoms with van der Waals surface area (Å²) in [6.07, 6.45) is 10.8. The van der Waals surface area contributed by atoms with Crippen LogP contribution >= 0.6 is 0 Å². The van der Waals surface area contributed by atoms with Crippen molar-refractivity contribution in [2.24, 2.45) is 11.8 Å². The van der Waals surface area contributed by atoms with Crippen LogP contribution in [-0.4, -0.2) is 22.6 Å². The Morgan fingerprint density at radius 2 is 2.05 bits per heavy atom. The Bertz CT molecular complexity index is 406. The van der Waals surface area contributed by atoms with Gasteiger partial charge in [-0.3, -0.25) is 0 Å². The van der Waals surface area contributed by atoms with Gasteiger partial charge < -0.3 is 9.88 Å². The predicted molar refractivity (Wildman–Crippen MR) is 78.3 cm³/mol. The average Bonchev–Trinajstić information content (AvgIpc) is 3.05. The minimum absolute atomic E-state index is 0.692. The van der Waals surface area contributed by atoms with Gasteiger partial charge in [-0.25, -0.2) is 4.98 Å². The number of rotatable bonds is 3. The molecule has 0 amide bonds. The van der Waals surface area contributed by atoms with Crippen LogP contribution in [0.4, 0.5) is 0 Å². The molecular formula is C16H27N3. The van der Waals surface area contributed by atoms with Gasteiger partial charge in [-0.15, -0.1) is 0 Å². The van der Waals surface area contributed by atoms with Crippen LogP contribution in [0.1, 0.15) is 63.6 Å². The van der Waals surface area contributed by atoms with Crippen molar-refractivity contribution in [1.29, 1.82) is 0 Å². The Morgan fingerprint density at radius 3 is 2.74 bits per heavy atom. The summed E-state index contributed by atoms with van der Waals surface area (Å²) in [6.45, 7) is 7.10. The van der Waals surface area contributed by atoms with Gasteiger partial charge in [-0.2, -0.15) is 0 Å². The summed E-state index contributed by atoms with van der Waals surface area (Å²) in [6, 6.07) is 0.692. The first-order chi connectivity index (χ1) is 9.31. The molecule has 1 aromatic heterocycles. The van der Waals surface area contributed by atoms with E-state index in [1.807, 2.05) is 0 Å². The van der Waals surface area contributed by atoms with E-state index < -0.39 is 0 Å². The van der Waals surface area contributed by atoms with Gasteiger partial charge in [0.15, 0.2) is 0 Å². The van der Waals surface area contributed by atoms with E-state index in [1.165, 1.54) is 37.8 Å². The first-order valence-corrected chi connectivity index (χ1v) is 8.03. The third-order valence-electron chi connectivity index (χ3n) is 5.52. The molecule has 19 heavy (non-hydrogen) atoms. The largest absolute Gasteiger partial charge is 0.331 e. The molecule has 1 saturated heterocycles. The summed E-state index contributed by atoms with van der Waals surface area (Å²) in [5.74, 6) is 2.43. The Kier molecular flexibility index (Phi) is 3.92. The number of hydrogen-bond acceptors (Lipinski definition) is 2. The van der Waals surface area contributed by atoms with Crippen LogP contribution in [0.2, 0.25) is 0 Å². The van der Waals surface area contributed by atoms with Crippen LogP contribution in [0.3, 0.4) is 0 Å². The third kappa shape index (κ3) is 2.45. The Hall–Kier alpha value is -0.830. The number of hydrogen-bond donors (Lipinski definition) is 1. The van der Waals surface area contributed by atoms with E-state index in [-0.39, 0.29) is 0 Å². The summed E-state index contributed by atoms with van der Waals surface area (Å²) < 4.78 is 2.52. The monoisotopic (exact) mass is 261 g/mol. The molecule has 2 fully saturated rings. The minimum Gasteiger partial charge on any atom is -0.331 e. The predicted octanol–water partition coefficient (Wildman–Crippen LogP) is 3.35. The van der Waals surface area contributed by atoms with Crippen LogP contribution < -0.4 is 5.32 Å². The van der Waals surface area contributed by atoms with Crippen molar-refractivity contribution in [3.63, 3.8) is 0 Å². The van der Waals surface area contributed by atoms with Crippen molar-refractivity contribution in [2.45, 2.75) is 57.9 Å². The van der Waals surface area contributed by atoms with E-state index in [2.05, 4.69) is 41.2 Å². The molecule has 3 nitrogen and oxygen atoms in total. The maximum Gasteiger partial charge on any atom is 0.0950 e. The van der Waals surface area contributed by atoms with Crippen molar-refractivity contribution in [3.05, 3.63) is 18.2 Å². The fourth-order valence-electron chi connectivity index (χ4n) is 4.22. The molecular weight excluding hydrogens is 234 g/mol. The van der Waals surface area contributed by atoms with Gasteiger partial charge in [0.05, 0.1) is 6.33 Å². The summed E-state index contributed by atoms with van der Waals surface area (Å²) in [4.78, 5) is 4.47. The number of nitrogens with zero attached hydrogens (tertiary/aromatic N) is 2. The SMILES string of the molecule is CCC1CCC(n2cncc2C2CCNCC2)C1C. The normalized spacial score (nSPS) is 32.8. The molecule has 3 heteroatoms. The van der Waals surface area contributed by atoms with Gasteiger partial charge in [-0.1, -0.05) is 20.3 Å². The van der Waals surface area contributed by atoms with Gasteiger partial charge in [0.2, 0.25) is 0 Å². The molecule has 1 aliphatic carbocycles. The maximum atomic E-state index is 4.47. The lowest BCUT2D eigenvalue weighted by atomic mass is 9.91. The third-order valence-corrected chi connectivity index (χ3v) is 5.52. The van der Waals surface area contributed by atoms with Gasteiger partial charge >= 0.3 is 0 Å². The highest BCUT2D eigenvalue weighted by Crippen LogP contribution is 2.43. The number of piperidine rings is 1. The maximum absolute atomic E-state index is 4.47. The zero-order valence-electron chi connectivity index (χ0n) is 12.3. The summed E-state index contributed by atoms with van der Waals surface area (Å²) in [5, 5.41) is 3.46. The molecule has 1 aromatic rings. The van der Waals surface area contributed by atoms with Gasteiger partial charge in [-0.05, 0) is 50.6 Å². The van der Waals surface area contributed by atoms with Gasteiger partial charge in [0.1, 0.15) is 0 Å². The smallest absolute Gasteiger partial charge is 0.0950 e. The summed E-state index contributed by atoms with van der Waals surface area (Å²) in [7, 11) is 0. The highest BCUT2D eigenvalue weighted by atomic mass is 15.1. The summed E-state index contributed by atoms with van der Waals surface area (Å²) >= 11 is 0. The lowest BCUT2D eigenvalue weighted by Crippen LogP contribution is -2.28. The highest BCUT2D eigenvalue weighted by Gasteiger charge is 2.34. The average molecular weight is 261 g/mol. The second kappa shape index (κ2) is 5.66. The molecule has 0 spiro atoms. The lowest BCUT2D eigenvalue weighted by Gasteiger charge is -2.28. The second-order valence-corrected chi connectivity index (χ2v) is 6.42. The number of nitrogens with one attached hydrogen (secondary N) is 1. The fourth-order valence-corrected chi connectivity index (χ4v) is 4.22.